The summed E-state index contributed by atoms with van der Waals surface area (Å²) < 4.78 is 0. The minimum atomic E-state index is -0.264. The van der Waals surface area contributed by atoms with Crippen molar-refractivity contribution in [3.8, 4) is 11.1 Å². The van der Waals surface area contributed by atoms with Crippen molar-refractivity contribution in [2.75, 3.05) is 18.0 Å². The van der Waals surface area contributed by atoms with Gasteiger partial charge in [-0.1, -0.05) is 61.5 Å². The average Bonchev–Trinajstić information content (AvgIpc) is 3.38. The fourth-order valence-electron chi connectivity index (χ4n) is 5.40. The first-order valence-corrected chi connectivity index (χ1v) is 13.4. The fraction of sp³-hybridized carbons (Fsp3) is 0.281. The maximum Gasteiger partial charge on any atom is 0.258 e. The summed E-state index contributed by atoms with van der Waals surface area (Å²) in [4.78, 5) is 32.1. The number of nitrogens with one attached hydrogen (secondary N) is 1. The van der Waals surface area contributed by atoms with Gasteiger partial charge in [0, 0.05) is 48.1 Å². The molecular weight excluding hydrogens is 472 g/mol. The van der Waals surface area contributed by atoms with Crippen molar-refractivity contribution in [1.29, 1.82) is 0 Å². The summed E-state index contributed by atoms with van der Waals surface area (Å²) in [5.41, 5.74) is 6.80. The first-order chi connectivity index (χ1) is 18.4. The molecule has 0 spiro atoms. The lowest BCUT2D eigenvalue weighted by Gasteiger charge is -2.24. The molecule has 1 atom stereocenters. The van der Waals surface area contributed by atoms with Gasteiger partial charge in [0.25, 0.3) is 5.56 Å². The summed E-state index contributed by atoms with van der Waals surface area (Å²) in [7, 11) is 0. The van der Waals surface area contributed by atoms with Crippen LogP contribution < -0.4 is 10.5 Å². The predicted molar refractivity (Wildman–Crippen MR) is 156 cm³/mol. The monoisotopic (exact) mass is 506 g/mol. The molecule has 4 aromatic rings. The average molecular weight is 507 g/mol. The third-order valence-electron chi connectivity index (χ3n) is 7.40. The second-order valence-electron chi connectivity index (χ2n) is 9.74. The van der Waals surface area contributed by atoms with E-state index < -0.39 is 0 Å². The summed E-state index contributed by atoms with van der Waals surface area (Å²) >= 11 is 0. The van der Waals surface area contributed by atoms with Gasteiger partial charge in [0.2, 0.25) is 5.91 Å². The van der Waals surface area contributed by atoms with Gasteiger partial charge >= 0.3 is 0 Å². The molecule has 1 unspecified atom stereocenters. The number of fused-ring (bicyclic) bond motifs is 1. The molecule has 0 bridgehead atoms. The Morgan fingerprint density at radius 1 is 0.974 bits per heavy atom. The number of pyridine rings is 1. The molecule has 2 heterocycles. The normalized spacial score (nSPS) is 15.1. The minimum Gasteiger partial charge on any atom is -0.372 e. The van der Waals surface area contributed by atoms with Crippen LogP contribution in [-0.4, -0.2) is 34.7 Å². The number of anilines is 1. The zero-order chi connectivity index (χ0) is 26.8. The van der Waals surface area contributed by atoms with Crippen LogP contribution in [0.1, 0.15) is 56.3 Å². The Morgan fingerprint density at radius 2 is 1.68 bits per heavy atom. The SMILES string of the molecule is CCC(=O)N1N=C(c2c(-c3ccccc3)c3ccc(C)cc3[nH]c2=O)CC1c1ccc(N(CC)CC)cc1. The van der Waals surface area contributed by atoms with E-state index in [1.54, 1.807) is 5.01 Å². The number of aryl methyl sites for hydroxylation is 1. The van der Waals surface area contributed by atoms with Gasteiger partial charge in [-0.15, -0.1) is 0 Å². The van der Waals surface area contributed by atoms with Gasteiger partial charge in [-0.25, -0.2) is 5.01 Å². The van der Waals surface area contributed by atoms with Crippen LogP contribution in [0.15, 0.2) is 82.7 Å². The number of aromatic nitrogens is 1. The van der Waals surface area contributed by atoms with Gasteiger partial charge in [0.15, 0.2) is 0 Å². The lowest BCUT2D eigenvalue weighted by Crippen LogP contribution is -2.26. The molecule has 194 valence electrons. The first-order valence-electron chi connectivity index (χ1n) is 13.4. The standard InChI is InChI=1S/C32H34N4O2/c1-5-29(37)36-28(22-14-16-24(17-15-22)35(6-2)7-3)20-27(34-36)31-30(23-11-9-8-10-12-23)25-18-13-21(4)19-26(25)33-32(31)38/h8-19,28H,5-7,20H2,1-4H3,(H,33,38). The Kier molecular flexibility index (Phi) is 7.14. The molecule has 0 saturated heterocycles. The molecule has 0 saturated carbocycles. The number of benzene rings is 3. The number of hydrogen-bond donors (Lipinski definition) is 1. The molecule has 0 radical (unpaired) electrons. The van der Waals surface area contributed by atoms with Crippen LogP contribution in [0.4, 0.5) is 5.69 Å². The molecule has 1 aromatic heterocycles. The van der Waals surface area contributed by atoms with Gasteiger partial charge in [-0.2, -0.15) is 5.10 Å². The Balaban J connectivity index is 1.64. The van der Waals surface area contributed by atoms with E-state index in [4.69, 9.17) is 5.10 Å². The Labute approximate surface area is 223 Å². The van der Waals surface area contributed by atoms with Gasteiger partial charge in [0.05, 0.1) is 17.3 Å². The summed E-state index contributed by atoms with van der Waals surface area (Å²) in [6, 6.07) is 24.2. The molecule has 1 aliphatic rings. The van der Waals surface area contributed by atoms with Crippen LogP contribution in [0.5, 0.6) is 0 Å². The second kappa shape index (κ2) is 10.7. The molecule has 0 aliphatic carbocycles. The number of carbonyl (C=O) groups is 1. The van der Waals surface area contributed by atoms with E-state index >= 15 is 0 Å². The van der Waals surface area contributed by atoms with Crippen molar-refractivity contribution in [1.82, 2.24) is 9.99 Å². The van der Waals surface area contributed by atoms with Crippen LogP contribution in [0.25, 0.3) is 22.0 Å². The maximum absolute atomic E-state index is 13.7. The second-order valence-corrected chi connectivity index (χ2v) is 9.74. The topological polar surface area (TPSA) is 68.8 Å². The predicted octanol–water partition coefficient (Wildman–Crippen LogP) is 6.44. The van der Waals surface area contributed by atoms with Gasteiger partial charge in [-0.05, 0) is 55.7 Å². The highest BCUT2D eigenvalue weighted by atomic mass is 16.2. The van der Waals surface area contributed by atoms with Crippen molar-refractivity contribution in [2.24, 2.45) is 5.10 Å². The minimum absolute atomic E-state index is 0.0630. The zero-order valence-electron chi connectivity index (χ0n) is 22.5. The Bertz CT molecular complexity index is 1550. The number of nitrogens with zero attached hydrogens (tertiary/aromatic N) is 3. The fourth-order valence-corrected chi connectivity index (χ4v) is 5.40. The molecule has 1 aliphatic heterocycles. The maximum atomic E-state index is 13.7. The zero-order valence-corrected chi connectivity index (χ0v) is 22.5. The van der Waals surface area contributed by atoms with Crippen LogP contribution >= 0.6 is 0 Å². The van der Waals surface area contributed by atoms with E-state index in [2.05, 4.69) is 60.1 Å². The summed E-state index contributed by atoms with van der Waals surface area (Å²) in [5.74, 6) is -0.0630. The van der Waals surface area contributed by atoms with Crippen LogP contribution in [-0.2, 0) is 4.79 Å². The number of hydrogen-bond acceptors (Lipinski definition) is 4. The molecule has 3 aromatic carbocycles. The molecule has 0 fully saturated rings. The van der Waals surface area contributed by atoms with E-state index in [1.165, 1.54) is 0 Å². The molecule has 6 heteroatoms. The summed E-state index contributed by atoms with van der Waals surface area (Å²) in [6.45, 7) is 10.0. The van der Waals surface area contributed by atoms with E-state index in [0.717, 1.165) is 51.9 Å². The quantitative estimate of drug-likeness (QED) is 0.314. The summed E-state index contributed by atoms with van der Waals surface area (Å²) in [6.07, 6.45) is 0.806. The van der Waals surface area contributed by atoms with Crippen molar-refractivity contribution >= 4 is 28.2 Å². The molecule has 1 amide bonds. The van der Waals surface area contributed by atoms with Crippen LogP contribution in [0.3, 0.4) is 0 Å². The highest BCUT2D eigenvalue weighted by molar-refractivity contribution is 6.12. The molecule has 38 heavy (non-hydrogen) atoms. The van der Waals surface area contributed by atoms with E-state index in [-0.39, 0.29) is 17.5 Å². The third kappa shape index (κ3) is 4.62. The Morgan fingerprint density at radius 3 is 2.34 bits per heavy atom. The van der Waals surface area contributed by atoms with Crippen LogP contribution in [0, 0.1) is 6.92 Å². The van der Waals surface area contributed by atoms with Crippen molar-refractivity contribution in [3.05, 3.63) is 99.8 Å². The molecule has 1 N–H and O–H groups in total. The lowest BCUT2D eigenvalue weighted by atomic mass is 9.90. The molecule has 5 rings (SSSR count). The number of aromatic amines is 1. The van der Waals surface area contributed by atoms with E-state index in [9.17, 15) is 9.59 Å². The smallest absolute Gasteiger partial charge is 0.258 e. The molecule has 6 nitrogen and oxygen atoms in total. The van der Waals surface area contributed by atoms with E-state index in [1.807, 2.05) is 50.2 Å². The van der Waals surface area contributed by atoms with Gasteiger partial charge in [-0.3, -0.25) is 9.59 Å². The van der Waals surface area contributed by atoms with Crippen molar-refractivity contribution in [2.45, 2.75) is 46.6 Å². The summed E-state index contributed by atoms with van der Waals surface area (Å²) in [5, 5.41) is 7.35. The van der Waals surface area contributed by atoms with E-state index in [0.29, 0.717) is 24.1 Å². The number of rotatable bonds is 7. The number of amides is 1. The van der Waals surface area contributed by atoms with Crippen LogP contribution in [0.2, 0.25) is 0 Å². The first kappa shape index (κ1) is 25.5. The molecular formula is C32H34N4O2. The third-order valence-corrected chi connectivity index (χ3v) is 7.40. The van der Waals surface area contributed by atoms with Crippen molar-refractivity contribution < 1.29 is 4.79 Å². The largest absolute Gasteiger partial charge is 0.372 e. The highest BCUT2D eigenvalue weighted by Gasteiger charge is 2.34. The number of carbonyl (C=O) groups excluding carboxylic acids is 1. The van der Waals surface area contributed by atoms with Crippen molar-refractivity contribution in [3.63, 3.8) is 0 Å². The van der Waals surface area contributed by atoms with Gasteiger partial charge < -0.3 is 9.88 Å². The number of H-pyrrole nitrogens is 1. The Hall–Kier alpha value is -4.19. The lowest BCUT2D eigenvalue weighted by molar-refractivity contribution is -0.132. The number of hydrazone groups is 1. The van der Waals surface area contributed by atoms with Gasteiger partial charge in [0.1, 0.15) is 0 Å². The highest BCUT2D eigenvalue weighted by Crippen LogP contribution is 2.37.